The van der Waals surface area contributed by atoms with E-state index in [-0.39, 0.29) is 5.91 Å². The number of hydrogen-bond donors (Lipinski definition) is 0. The van der Waals surface area contributed by atoms with Crippen LogP contribution < -0.4 is 4.90 Å². The van der Waals surface area contributed by atoms with E-state index in [2.05, 4.69) is 14.9 Å². The number of anilines is 1. The molecule has 1 amide bonds. The molecule has 0 atom stereocenters. The summed E-state index contributed by atoms with van der Waals surface area (Å²) < 4.78 is 5.72. The van der Waals surface area contributed by atoms with Crippen LogP contribution in [0.5, 0.6) is 0 Å². The number of amides is 1. The molecule has 0 unspecified atom stereocenters. The Hall–Kier alpha value is -2.89. The van der Waals surface area contributed by atoms with Crippen LogP contribution in [0.4, 0.5) is 6.01 Å². The number of benzene rings is 1. The molecule has 1 aromatic carbocycles. The third kappa shape index (κ3) is 2.84. The first-order chi connectivity index (χ1) is 12.1. The second-order valence-electron chi connectivity index (χ2n) is 6.35. The number of aromatic nitrogens is 2. The lowest BCUT2D eigenvalue weighted by Gasteiger charge is -2.34. The lowest BCUT2D eigenvalue weighted by atomic mass is 10.0. The topological polar surface area (TPSA) is 62.5 Å². The summed E-state index contributed by atoms with van der Waals surface area (Å²) in [6.45, 7) is 6.74. The van der Waals surface area contributed by atoms with Crippen LogP contribution in [0.3, 0.4) is 0 Å². The van der Waals surface area contributed by atoms with Crippen LogP contribution >= 0.6 is 0 Å². The van der Waals surface area contributed by atoms with E-state index in [9.17, 15) is 4.79 Å². The van der Waals surface area contributed by atoms with E-state index < -0.39 is 0 Å². The molecule has 1 aliphatic rings. The summed E-state index contributed by atoms with van der Waals surface area (Å²) in [6, 6.07) is 10.2. The maximum atomic E-state index is 12.8. The minimum absolute atomic E-state index is 0.0973. The molecule has 6 nitrogen and oxygen atoms in total. The van der Waals surface area contributed by atoms with E-state index in [1.807, 2.05) is 49.1 Å². The molecule has 4 rings (SSSR count). The molecule has 2 aromatic heterocycles. The standard InChI is InChI=1S/C19H20N4O2/c1-13-5-3-6-15(14(13)2)18(24)22-9-11-23(12-10-22)19-21-16-7-4-8-20-17(16)25-19/h3-8H,9-12H2,1-2H3. The highest BCUT2D eigenvalue weighted by atomic mass is 16.4. The number of carbonyl (C=O) groups excluding carboxylic acids is 1. The van der Waals surface area contributed by atoms with E-state index in [1.165, 1.54) is 0 Å². The molecule has 3 heterocycles. The Morgan fingerprint density at radius 3 is 2.64 bits per heavy atom. The van der Waals surface area contributed by atoms with E-state index in [0.717, 1.165) is 22.2 Å². The number of hydrogen-bond acceptors (Lipinski definition) is 5. The Balaban J connectivity index is 1.47. The van der Waals surface area contributed by atoms with Gasteiger partial charge in [-0.25, -0.2) is 4.98 Å². The first-order valence-electron chi connectivity index (χ1n) is 8.45. The van der Waals surface area contributed by atoms with E-state index in [1.54, 1.807) is 6.20 Å². The van der Waals surface area contributed by atoms with Crippen molar-refractivity contribution in [3.05, 3.63) is 53.2 Å². The highest BCUT2D eigenvalue weighted by molar-refractivity contribution is 5.96. The molecule has 0 N–H and O–H groups in total. The van der Waals surface area contributed by atoms with Gasteiger partial charge in [0, 0.05) is 37.9 Å². The molecule has 0 bridgehead atoms. The highest BCUT2D eigenvalue weighted by Crippen LogP contribution is 2.22. The minimum atomic E-state index is 0.0973. The predicted molar refractivity (Wildman–Crippen MR) is 95.8 cm³/mol. The van der Waals surface area contributed by atoms with Crippen molar-refractivity contribution < 1.29 is 9.21 Å². The third-order valence-corrected chi connectivity index (χ3v) is 4.83. The van der Waals surface area contributed by atoms with Gasteiger partial charge < -0.3 is 14.2 Å². The molecule has 1 saturated heterocycles. The molecule has 0 spiro atoms. The van der Waals surface area contributed by atoms with Gasteiger partial charge in [-0.3, -0.25) is 4.79 Å². The Morgan fingerprint density at radius 1 is 1.08 bits per heavy atom. The van der Waals surface area contributed by atoms with Crippen LogP contribution in [0, 0.1) is 13.8 Å². The Labute approximate surface area is 146 Å². The molecule has 25 heavy (non-hydrogen) atoms. The number of carbonyl (C=O) groups is 1. The summed E-state index contributed by atoms with van der Waals surface area (Å²) >= 11 is 0. The first kappa shape index (κ1) is 15.6. The van der Waals surface area contributed by atoms with Crippen LogP contribution in [-0.4, -0.2) is 47.0 Å². The van der Waals surface area contributed by atoms with Crippen molar-refractivity contribution in [2.45, 2.75) is 13.8 Å². The van der Waals surface area contributed by atoms with Gasteiger partial charge in [0.2, 0.25) is 5.71 Å². The van der Waals surface area contributed by atoms with Crippen LogP contribution in [0.25, 0.3) is 11.2 Å². The van der Waals surface area contributed by atoms with Gasteiger partial charge in [0.15, 0.2) is 0 Å². The minimum Gasteiger partial charge on any atom is -0.404 e. The van der Waals surface area contributed by atoms with Gasteiger partial charge >= 0.3 is 0 Å². The van der Waals surface area contributed by atoms with Crippen molar-refractivity contribution in [3.63, 3.8) is 0 Å². The van der Waals surface area contributed by atoms with Crippen LogP contribution in [0.15, 0.2) is 40.9 Å². The van der Waals surface area contributed by atoms with Crippen molar-refractivity contribution in [3.8, 4) is 0 Å². The molecule has 0 aliphatic carbocycles. The summed E-state index contributed by atoms with van der Waals surface area (Å²) in [7, 11) is 0. The summed E-state index contributed by atoms with van der Waals surface area (Å²) in [5.41, 5.74) is 4.29. The lowest BCUT2D eigenvalue weighted by molar-refractivity contribution is 0.0744. The van der Waals surface area contributed by atoms with E-state index >= 15 is 0 Å². The predicted octanol–water partition coefficient (Wildman–Crippen LogP) is 2.80. The van der Waals surface area contributed by atoms with Crippen molar-refractivity contribution in [2.75, 3.05) is 31.1 Å². The number of piperazine rings is 1. The Kier molecular flexibility index (Phi) is 3.87. The smallest absolute Gasteiger partial charge is 0.299 e. The second kappa shape index (κ2) is 6.20. The van der Waals surface area contributed by atoms with Crippen molar-refractivity contribution in [2.24, 2.45) is 0 Å². The zero-order chi connectivity index (χ0) is 17.4. The van der Waals surface area contributed by atoms with Gasteiger partial charge in [-0.05, 0) is 43.2 Å². The van der Waals surface area contributed by atoms with Gasteiger partial charge in [-0.2, -0.15) is 4.98 Å². The highest BCUT2D eigenvalue weighted by Gasteiger charge is 2.25. The number of aryl methyl sites for hydroxylation is 1. The van der Waals surface area contributed by atoms with E-state index in [0.29, 0.717) is 37.9 Å². The molecular formula is C19H20N4O2. The van der Waals surface area contributed by atoms with Gasteiger partial charge in [0.1, 0.15) is 5.52 Å². The number of pyridine rings is 1. The van der Waals surface area contributed by atoms with Crippen LogP contribution in [0.1, 0.15) is 21.5 Å². The first-order valence-corrected chi connectivity index (χ1v) is 8.45. The molecule has 1 aliphatic heterocycles. The zero-order valence-corrected chi connectivity index (χ0v) is 14.4. The Morgan fingerprint density at radius 2 is 1.88 bits per heavy atom. The number of rotatable bonds is 2. The Bertz CT molecular complexity index is 893. The average molecular weight is 336 g/mol. The van der Waals surface area contributed by atoms with Crippen molar-refractivity contribution >= 4 is 23.2 Å². The molecule has 0 saturated carbocycles. The summed E-state index contributed by atoms with van der Waals surface area (Å²) in [6.07, 6.45) is 1.69. The normalized spacial score (nSPS) is 15.0. The monoisotopic (exact) mass is 336 g/mol. The zero-order valence-electron chi connectivity index (χ0n) is 14.4. The van der Waals surface area contributed by atoms with Crippen molar-refractivity contribution in [1.29, 1.82) is 0 Å². The lowest BCUT2D eigenvalue weighted by Crippen LogP contribution is -2.49. The fourth-order valence-corrected chi connectivity index (χ4v) is 3.15. The number of nitrogens with zero attached hydrogens (tertiary/aromatic N) is 4. The molecule has 3 aromatic rings. The number of oxazole rings is 1. The fourth-order valence-electron chi connectivity index (χ4n) is 3.15. The van der Waals surface area contributed by atoms with Gasteiger partial charge in [0.25, 0.3) is 11.9 Å². The second-order valence-corrected chi connectivity index (χ2v) is 6.35. The number of fused-ring (bicyclic) bond motifs is 1. The van der Waals surface area contributed by atoms with Crippen molar-refractivity contribution in [1.82, 2.24) is 14.9 Å². The summed E-state index contributed by atoms with van der Waals surface area (Å²) in [5.74, 6) is 0.0973. The quantitative estimate of drug-likeness (QED) is 0.720. The summed E-state index contributed by atoms with van der Waals surface area (Å²) in [5, 5.41) is 0. The SMILES string of the molecule is Cc1cccc(C(=O)N2CCN(c3nc4cccnc4o3)CC2)c1C. The molecule has 0 radical (unpaired) electrons. The van der Waals surface area contributed by atoms with Crippen LogP contribution in [-0.2, 0) is 0 Å². The van der Waals surface area contributed by atoms with E-state index in [4.69, 9.17) is 4.42 Å². The van der Waals surface area contributed by atoms with Gasteiger partial charge in [0.05, 0.1) is 0 Å². The molecule has 128 valence electrons. The fraction of sp³-hybridized carbons (Fsp3) is 0.316. The summed E-state index contributed by atoms with van der Waals surface area (Å²) in [4.78, 5) is 25.4. The maximum Gasteiger partial charge on any atom is 0.299 e. The maximum absolute atomic E-state index is 12.8. The largest absolute Gasteiger partial charge is 0.404 e. The average Bonchev–Trinajstić information content (AvgIpc) is 3.08. The van der Waals surface area contributed by atoms with Gasteiger partial charge in [-0.15, -0.1) is 0 Å². The third-order valence-electron chi connectivity index (χ3n) is 4.83. The van der Waals surface area contributed by atoms with Gasteiger partial charge in [-0.1, -0.05) is 12.1 Å². The van der Waals surface area contributed by atoms with Crippen LogP contribution in [0.2, 0.25) is 0 Å². The molecular weight excluding hydrogens is 316 g/mol. The molecule has 1 fully saturated rings. The molecule has 6 heteroatoms.